The van der Waals surface area contributed by atoms with Crippen molar-refractivity contribution in [2.24, 2.45) is 0 Å². The van der Waals surface area contributed by atoms with Gasteiger partial charge in [-0.2, -0.15) is 0 Å². The molecule has 0 saturated carbocycles. The Morgan fingerprint density at radius 3 is 1.51 bits per heavy atom. The average molecular weight is 795 g/mol. The first kappa shape index (κ1) is 35.2. The quantitative estimate of drug-likeness (QED) is 0.156. The van der Waals surface area contributed by atoms with Gasteiger partial charge in [0.05, 0.1) is 16.7 Å². The van der Waals surface area contributed by atoms with Gasteiger partial charge >= 0.3 is 0 Å². The normalized spacial score (nSPS) is 11.6. The fourth-order valence-corrected chi connectivity index (χ4v) is 10.4. The molecule has 3 heteroatoms. The molecule has 0 bridgehead atoms. The highest BCUT2D eigenvalue weighted by Gasteiger charge is 2.18. The summed E-state index contributed by atoms with van der Waals surface area (Å²) in [5.74, 6) is 0. The molecule has 0 amide bonds. The van der Waals surface area contributed by atoms with Gasteiger partial charge in [0, 0.05) is 53.6 Å². The Balaban J connectivity index is 0.909. The molecule has 0 unspecified atom stereocenters. The van der Waals surface area contributed by atoms with E-state index in [1.807, 2.05) is 11.3 Å². The molecule has 2 aromatic heterocycles. The average Bonchev–Trinajstić information content (AvgIpc) is 3.88. The molecule has 10 aromatic carbocycles. The van der Waals surface area contributed by atoms with Crippen LogP contribution in [-0.2, 0) is 0 Å². The van der Waals surface area contributed by atoms with Crippen LogP contribution in [0.25, 0.3) is 91.8 Å². The molecule has 0 atom stereocenters. The molecule has 2 heterocycles. The van der Waals surface area contributed by atoms with Gasteiger partial charge in [0.25, 0.3) is 0 Å². The van der Waals surface area contributed by atoms with Crippen LogP contribution in [0.1, 0.15) is 0 Å². The van der Waals surface area contributed by atoms with Crippen LogP contribution in [-0.4, -0.2) is 4.57 Å². The predicted molar refractivity (Wildman–Crippen MR) is 262 cm³/mol. The number of hydrogen-bond donors (Lipinski definition) is 0. The maximum atomic E-state index is 2.41. The highest BCUT2D eigenvalue weighted by molar-refractivity contribution is 7.25. The maximum Gasteiger partial charge on any atom is 0.0541 e. The first-order valence-corrected chi connectivity index (χ1v) is 21.6. The Morgan fingerprint density at radius 1 is 0.311 bits per heavy atom. The molecule has 0 aliphatic carbocycles. The van der Waals surface area contributed by atoms with E-state index in [-0.39, 0.29) is 0 Å². The van der Waals surface area contributed by atoms with E-state index in [4.69, 9.17) is 0 Å². The molecule has 0 aliphatic rings. The third kappa shape index (κ3) is 6.01. The van der Waals surface area contributed by atoms with Crippen molar-refractivity contribution in [2.45, 2.75) is 0 Å². The van der Waals surface area contributed by atoms with Crippen LogP contribution >= 0.6 is 11.3 Å². The van der Waals surface area contributed by atoms with E-state index in [2.05, 4.69) is 240 Å². The summed E-state index contributed by atoms with van der Waals surface area (Å²) in [4.78, 5) is 2.39. The molecule has 0 fully saturated rings. The predicted octanol–water partition coefficient (Wildman–Crippen LogP) is 16.8. The lowest BCUT2D eigenvalue weighted by atomic mass is 9.98. The Hall–Kier alpha value is -7.72. The highest BCUT2D eigenvalue weighted by atomic mass is 32.1. The van der Waals surface area contributed by atoms with E-state index in [1.165, 1.54) is 91.8 Å². The Bertz CT molecular complexity index is 3520. The van der Waals surface area contributed by atoms with E-state index in [0.717, 1.165) is 17.1 Å². The standard InChI is InChI=1S/C58H38N2S/c1-2-14-47-41(12-1)13-11-19-48(47)42-30-34-45(35-31-42)59(46-36-37-58-53(38-46)52-18-6-10-23-57(52)61-58)44-32-28-40(29-33-44)39-24-26-43(27-25-39)49-15-3-7-20-54(49)60-55-21-8-4-16-50(55)51-17-5-9-22-56(51)60/h1-38H. The summed E-state index contributed by atoms with van der Waals surface area (Å²) >= 11 is 1.85. The van der Waals surface area contributed by atoms with Crippen molar-refractivity contribution in [1.29, 1.82) is 0 Å². The molecule has 0 saturated heterocycles. The van der Waals surface area contributed by atoms with E-state index in [9.17, 15) is 0 Å². The zero-order chi connectivity index (χ0) is 40.3. The molecule has 2 nitrogen and oxygen atoms in total. The molecule has 0 N–H and O–H groups in total. The van der Waals surface area contributed by atoms with Crippen molar-refractivity contribution < 1.29 is 0 Å². The highest BCUT2D eigenvalue weighted by Crippen LogP contribution is 2.42. The lowest BCUT2D eigenvalue weighted by Gasteiger charge is -2.26. The summed E-state index contributed by atoms with van der Waals surface area (Å²) in [6.45, 7) is 0. The van der Waals surface area contributed by atoms with Gasteiger partial charge in [-0.3, -0.25) is 0 Å². The fraction of sp³-hybridized carbons (Fsp3) is 0. The molecule has 12 rings (SSSR count). The van der Waals surface area contributed by atoms with Crippen molar-refractivity contribution in [3.8, 4) is 39.1 Å². The number of hydrogen-bond acceptors (Lipinski definition) is 2. The smallest absolute Gasteiger partial charge is 0.0541 e. The minimum absolute atomic E-state index is 1.11. The SMILES string of the molecule is c1ccc(-n2c3ccccc3c3ccccc32)c(-c2ccc(-c3ccc(N(c4ccc(-c5cccc6ccccc56)cc4)c4ccc5sc6ccccc6c5c4)cc3)cc2)c1. The fourth-order valence-electron chi connectivity index (χ4n) is 9.31. The third-order valence-electron chi connectivity index (χ3n) is 12.2. The number of para-hydroxylation sites is 3. The molecule has 61 heavy (non-hydrogen) atoms. The zero-order valence-corrected chi connectivity index (χ0v) is 34.1. The summed E-state index contributed by atoms with van der Waals surface area (Å²) < 4.78 is 5.02. The second kappa shape index (κ2) is 14.5. The number of nitrogens with zero attached hydrogens (tertiary/aromatic N) is 2. The van der Waals surface area contributed by atoms with Crippen molar-refractivity contribution >= 4 is 81.1 Å². The Morgan fingerprint density at radius 2 is 0.787 bits per heavy atom. The number of benzene rings is 10. The summed E-state index contributed by atoms with van der Waals surface area (Å²) in [6.07, 6.45) is 0. The lowest BCUT2D eigenvalue weighted by Crippen LogP contribution is -2.09. The molecule has 12 aromatic rings. The number of fused-ring (bicyclic) bond motifs is 7. The van der Waals surface area contributed by atoms with Gasteiger partial charge in [-0.25, -0.2) is 0 Å². The van der Waals surface area contributed by atoms with Crippen LogP contribution in [0, 0.1) is 0 Å². The summed E-state index contributed by atoms with van der Waals surface area (Å²) in [5, 5.41) is 7.63. The van der Waals surface area contributed by atoms with E-state index in [1.54, 1.807) is 0 Å². The van der Waals surface area contributed by atoms with Crippen LogP contribution in [0.5, 0.6) is 0 Å². The van der Waals surface area contributed by atoms with Crippen molar-refractivity contribution in [1.82, 2.24) is 4.57 Å². The third-order valence-corrected chi connectivity index (χ3v) is 13.4. The van der Waals surface area contributed by atoms with Crippen molar-refractivity contribution in [3.63, 3.8) is 0 Å². The molecular formula is C58H38N2S. The van der Waals surface area contributed by atoms with E-state index >= 15 is 0 Å². The molecule has 0 spiro atoms. The first-order chi connectivity index (χ1) is 30.2. The van der Waals surface area contributed by atoms with Crippen LogP contribution in [0.4, 0.5) is 17.1 Å². The van der Waals surface area contributed by atoms with Gasteiger partial charge in [-0.05, 0) is 105 Å². The van der Waals surface area contributed by atoms with Gasteiger partial charge in [-0.15, -0.1) is 11.3 Å². The second-order valence-electron chi connectivity index (χ2n) is 15.7. The second-order valence-corrected chi connectivity index (χ2v) is 16.8. The number of thiophene rings is 1. The monoisotopic (exact) mass is 794 g/mol. The maximum absolute atomic E-state index is 2.41. The molecule has 0 aliphatic heterocycles. The molecule has 0 radical (unpaired) electrons. The Labute approximate surface area is 358 Å². The first-order valence-electron chi connectivity index (χ1n) is 20.8. The number of anilines is 3. The topological polar surface area (TPSA) is 8.17 Å². The largest absolute Gasteiger partial charge is 0.310 e. The van der Waals surface area contributed by atoms with E-state index < -0.39 is 0 Å². The van der Waals surface area contributed by atoms with Gasteiger partial charge in [-0.1, -0.05) is 164 Å². The lowest BCUT2D eigenvalue weighted by molar-refractivity contribution is 1.18. The van der Waals surface area contributed by atoms with Gasteiger partial charge < -0.3 is 9.47 Å². The summed E-state index contributed by atoms with van der Waals surface area (Å²) in [6, 6.07) is 84.1. The van der Waals surface area contributed by atoms with Crippen molar-refractivity contribution in [3.05, 3.63) is 231 Å². The van der Waals surface area contributed by atoms with Gasteiger partial charge in [0.15, 0.2) is 0 Å². The number of aromatic nitrogens is 1. The van der Waals surface area contributed by atoms with Gasteiger partial charge in [0.2, 0.25) is 0 Å². The summed E-state index contributed by atoms with van der Waals surface area (Å²) in [7, 11) is 0. The van der Waals surface area contributed by atoms with Crippen LogP contribution in [0.15, 0.2) is 231 Å². The van der Waals surface area contributed by atoms with Crippen molar-refractivity contribution in [2.75, 3.05) is 4.90 Å². The number of rotatable bonds is 7. The molecule has 286 valence electrons. The van der Waals surface area contributed by atoms with Crippen LogP contribution in [0.3, 0.4) is 0 Å². The van der Waals surface area contributed by atoms with E-state index in [0.29, 0.717) is 0 Å². The summed E-state index contributed by atoms with van der Waals surface area (Å²) in [5.41, 5.74) is 14.2. The minimum atomic E-state index is 1.11. The van der Waals surface area contributed by atoms with Crippen LogP contribution < -0.4 is 4.90 Å². The van der Waals surface area contributed by atoms with Gasteiger partial charge in [0.1, 0.15) is 0 Å². The Kier molecular flexibility index (Phi) is 8.39. The zero-order valence-electron chi connectivity index (χ0n) is 33.2. The molecular weight excluding hydrogens is 757 g/mol. The minimum Gasteiger partial charge on any atom is -0.310 e. The van der Waals surface area contributed by atoms with Crippen LogP contribution in [0.2, 0.25) is 0 Å².